The lowest BCUT2D eigenvalue weighted by Gasteiger charge is -2.08. The number of carbonyl (C=O) groups excluding carboxylic acids is 1. The third-order valence-electron chi connectivity index (χ3n) is 5.08. The van der Waals surface area contributed by atoms with Crippen LogP contribution < -0.4 is 5.32 Å². The summed E-state index contributed by atoms with van der Waals surface area (Å²) in [4.78, 5) is 12.0. The van der Waals surface area contributed by atoms with Crippen molar-refractivity contribution in [3.63, 3.8) is 0 Å². The average Bonchev–Trinajstić information content (AvgIpc) is 2.74. The molecule has 166 valence electrons. The second-order valence-electron chi connectivity index (χ2n) is 7.79. The molecule has 0 aliphatic rings. The molecule has 0 atom stereocenters. The first-order valence-corrected chi connectivity index (χ1v) is 11.9. The Hall–Kier alpha value is -1.55. The molecular weight excluding hydrogens is 362 g/mol. The highest BCUT2D eigenvalue weighted by molar-refractivity contribution is 5.89. The standard InChI is InChI=1S/C25H43NO3/c1-3-5-7-8-9-10-11-12-13-14-20-28-21-22-29-25(27)23-15-17-24(18-16-23)26-19-6-4-2/h15-18,26H,3-14,19-22H2,1-2H3. The van der Waals surface area contributed by atoms with Crippen molar-refractivity contribution >= 4 is 11.7 Å². The molecule has 0 aliphatic carbocycles. The van der Waals surface area contributed by atoms with E-state index in [1.54, 1.807) is 12.1 Å². The van der Waals surface area contributed by atoms with E-state index in [9.17, 15) is 4.79 Å². The van der Waals surface area contributed by atoms with E-state index in [2.05, 4.69) is 19.2 Å². The van der Waals surface area contributed by atoms with Crippen LogP contribution in [0.2, 0.25) is 0 Å². The minimum Gasteiger partial charge on any atom is -0.460 e. The number of benzene rings is 1. The summed E-state index contributed by atoms with van der Waals surface area (Å²) in [5.41, 5.74) is 1.62. The Kier molecular flexibility index (Phi) is 16.2. The first kappa shape index (κ1) is 25.5. The Labute approximate surface area is 178 Å². The van der Waals surface area contributed by atoms with Crippen LogP contribution in [-0.4, -0.2) is 32.3 Å². The van der Waals surface area contributed by atoms with Crippen molar-refractivity contribution in [1.29, 1.82) is 0 Å². The molecule has 0 spiro atoms. The number of unbranched alkanes of at least 4 members (excludes halogenated alkanes) is 10. The molecule has 0 saturated carbocycles. The smallest absolute Gasteiger partial charge is 0.338 e. The van der Waals surface area contributed by atoms with Crippen molar-refractivity contribution in [3.05, 3.63) is 29.8 Å². The van der Waals surface area contributed by atoms with Crippen LogP contribution in [0.25, 0.3) is 0 Å². The average molecular weight is 406 g/mol. The first-order valence-electron chi connectivity index (χ1n) is 11.9. The Morgan fingerprint density at radius 3 is 1.93 bits per heavy atom. The van der Waals surface area contributed by atoms with Crippen molar-refractivity contribution in [2.75, 3.05) is 31.7 Å². The van der Waals surface area contributed by atoms with Crippen LogP contribution in [0.15, 0.2) is 24.3 Å². The van der Waals surface area contributed by atoms with Crippen LogP contribution in [0.1, 0.15) is 101 Å². The summed E-state index contributed by atoms with van der Waals surface area (Å²) in [5.74, 6) is -0.285. The molecule has 4 nitrogen and oxygen atoms in total. The van der Waals surface area contributed by atoms with Crippen LogP contribution in [0, 0.1) is 0 Å². The second kappa shape index (κ2) is 18.5. The molecule has 1 rings (SSSR count). The zero-order valence-corrected chi connectivity index (χ0v) is 18.8. The quantitative estimate of drug-likeness (QED) is 0.199. The van der Waals surface area contributed by atoms with Crippen LogP contribution in [0.5, 0.6) is 0 Å². The van der Waals surface area contributed by atoms with Gasteiger partial charge in [0.05, 0.1) is 12.2 Å². The van der Waals surface area contributed by atoms with E-state index >= 15 is 0 Å². The Balaban J connectivity index is 1.93. The van der Waals surface area contributed by atoms with Gasteiger partial charge in [0, 0.05) is 18.8 Å². The van der Waals surface area contributed by atoms with Gasteiger partial charge in [0.1, 0.15) is 6.61 Å². The predicted octanol–water partition coefficient (Wildman–Crippen LogP) is 6.99. The van der Waals surface area contributed by atoms with Crippen molar-refractivity contribution in [2.45, 2.75) is 90.9 Å². The Bertz CT molecular complexity index is 501. The van der Waals surface area contributed by atoms with Gasteiger partial charge in [-0.1, -0.05) is 78.1 Å². The fourth-order valence-electron chi connectivity index (χ4n) is 3.20. The molecule has 1 aromatic carbocycles. The van der Waals surface area contributed by atoms with Gasteiger partial charge >= 0.3 is 5.97 Å². The maximum Gasteiger partial charge on any atom is 0.338 e. The number of anilines is 1. The number of hydrogen-bond donors (Lipinski definition) is 1. The van der Waals surface area contributed by atoms with Gasteiger partial charge in [0.25, 0.3) is 0 Å². The fraction of sp³-hybridized carbons (Fsp3) is 0.720. The monoisotopic (exact) mass is 405 g/mol. The maximum absolute atomic E-state index is 12.0. The summed E-state index contributed by atoms with van der Waals surface area (Å²) in [6.07, 6.45) is 15.5. The minimum absolute atomic E-state index is 0.285. The van der Waals surface area contributed by atoms with Crippen LogP contribution in [0.3, 0.4) is 0 Å². The van der Waals surface area contributed by atoms with Gasteiger partial charge in [0.15, 0.2) is 0 Å². The SMILES string of the molecule is CCCCCCCCCCCCOCCOC(=O)c1ccc(NCCCC)cc1. The van der Waals surface area contributed by atoms with Crippen molar-refractivity contribution in [1.82, 2.24) is 0 Å². The third-order valence-corrected chi connectivity index (χ3v) is 5.08. The zero-order valence-electron chi connectivity index (χ0n) is 18.8. The lowest BCUT2D eigenvalue weighted by atomic mass is 10.1. The predicted molar refractivity (Wildman–Crippen MR) is 123 cm³/mol. The zero-order chi connectivity index (χ0) is 21.0. The van der Waals surface area contributed by atoms with Gasteiger partial charge in [-0.2, -0.15) is 0 Å². The normalized spacial score (nSPS) is 10.8. The van der Waals surface area contributed by atoms with E-state index in [1.807, 2.05) is 12.1 Å². The lowest BCUT2D eigenvalue weighted by Crippen LogP contribution is -2.11. The second-order valence-corrected chi connectivity index (χ2v) is 7.79. The topological polar surface area (TPSA) is 47.6 Å². The molecule has 0 bridgehead atoms. The number of hydrogen-bond acceptors (Lipinski definition) is 4. The maximum atomic E-state index is 12.0. The minimum atomic E-state index is -0.285. The molecule has 1 N–H and O–H groups in total. The Morgan fingerprint density at radius 1 is 0.724 bits per heavy atom. The van der Waals surface area contributed by atoms with Crippen LogP contribution >= 0.6 is 0 Å². The molecule has 1 aromatic rings. The molecule has 0 amide bonds. The number of carbonyl (C=O) groups is 1. The fourth-order valence-corrected chi connectivity index (χ4v) is 3.20. The van der Waals surface area contributed by atoms with Crippen LogP contribution in [-0.2, 0) is 9.47 Å². The van der Waals surface area contributed by atoms with E-state index in [1.165, 1.54) is 64.2 Å². The van der Waals surface area contributed by atoms with Gasteiger partial charge in [-0.25, -0.2) is 4.79 Å². The van der Waals surface area contributed by atoms with E-state index in [0.29, 0.717) is 18.8 Å². The highest BCUT2D eigenvalue weighted by atomic mass is 16.6. The molecule has 0 saturated heterocycles. The highest BCUT2D eigenvalue weighted by Gasteiger charge is 2.06. The van der Waals surface area contributed by atoms with Gasteiger partial charge < -0.3 is 14.8 Å². The number of nitrogens with one attached hydrogen (secondary N) is 1. The molecule has 0 aliphatic heterocycles. The van der Waals surface area contributed by atoms with Crippen molar-refractivity contribution in [2.24, 2.45) is 0 Å². The summed E-state index contributed by atoms with van der Waals surface area (Å²) in [5, 5.41) is 3.34. The van der Waals surface area contributed by atoms with Crippen LogP contribution in [0.4, 0.5) is 5.69 Å². The van der Waals surface area contributed by atoms with Crippen molar-refractivity contribution < 1.29 is 14.3 Å². The van der Waals surface area contributed by atoms with Crippen molar-refractivity contribution in [3.8, 4) is 0 Å². The molecule has 0 heterocycles. The molecular formula is C25H43NO3. The highest BCUT2D eigenvalue weighted by Crippen LogP contribution is 2.12. The van der Waals surface area contributed by atoms with E-state index in [-0.39, 0.29) is 5.97 Å². The lowest BCUT2D eigenvalue weighted by molar-refractivity contribution is 0.0312. The summed E-state index contributed by atoms with van der Waals surface area (Å²) in [6.45, 7) is 6.93. The Morgan fingerprint density at radius 2 is 1.31 bits per heavy atom. The first-order chi connectivity index (χ1) is 14.3. The number of ether oxygens (including phenoxy) is 2. The van der Waals surface area contributed by atoms with Gasteiger partial charge in [0.2, 0.25) is 0 Å². The van der Waals surface area contributed by atoms with E-state index in [0.717, 1.165) is 31.7 Å². The number of esters is 1. The summed E-state index contributed by atoms with van der Waals surface area (Å²) in [6, 6.07) is 7.46. The van der Waals surface area contributed by atoms with Gasteiger partial charge in [-0.05, 0) is 37.1 Å². The summed E-state index contributed by atoms with van der Waals surface area (Å²) in [7, 11) is 0. The summed E-state index contributed by atoms with van der Waals surface area (Å²) >= 11 is 0. The molecule has 0 fully saturated rings. The van der Waals surface area contributed by atoms with Gasteiger partial charge in [-0.3, -0.25) is 0 Å². The third kappa shape index (κ3) is 14.1. The molecule has 0 unspecified atom stereocenters. The molecule has 0 aromatic heterocycles. The van der Waals surface area contributed by atoms with E-state index < -0.39 is 0 Å². The molecule has 4 heteroatoms. The van der Waals surface area contributed by atoms with E-state index in [4.69, 9.17) is 9.47 Å². The largest absolute Gasteiger partial charge is 0.460 e. The van der Waals surface area contributed by atoms with Gasteiger partial charge in [-0.15, -0.1) is 0 Å². The number of rotatable bonds is 19. The molecule has 0 radical (unpaired) electrons. The summed E-state index contributed by atoms with van der Waals surface area (Å²) < 4.78 is 10.9. The molecule has 29 heavy (non-hydrogen) atoms.